The molecule has 3 nitrogen and oxygen atoms in total. The Morgan fingerprint density at radius 1 is 0.414 bits per heavy atom. The quantitative estimate of drug-likeness (QED) is 0.241. The standard InChI is InChI=1S/C7H7.3C6H6O.Hf/c1-7-5-3-2-4-6-7;3*7-6-4-2-1-3-5-6;/h2-6H,1H2;3*1-5,7H;/q;;;;+3/p-3. The summed E-state index contributed by atoms with van der Waals surface area (Å²) in [6, 6.07) is 39.6. The first kappa shape index (κ1) is 19.5. The Morgan fingerprint density at radius 2 is 0.724 bits per heavy atom. The van der Waals surface area contributed by atoms with E-state index in [0.29, 0.717) is 4.18 Å². The maximum absolute atomic E-state index is 6.59. The van der Waals surface area contributed by atoms with Crippen LogP contribution in [0.1, 0.15) is 5.56 Å². The number of benzene rings is 4. The second-order valence-corrected chi connectivity index (χ2v) is 15.0. The normalized spacial score (nSPS) is 10.9. The number of hydrogen-bond donors (Lipinski definition) is 0. The van der Waals surface area contributed by atoms with Crippen molar-refractivity contribution in [2.75, 3.05) is 0 Å². The van der Waals surface area contributed by atoms with E-state index in [1.54, 1.807) is 0 Å². The molecule has 4 rings (SSSR count). The molecule has 0 heterocycles. The number of hydrogen-bond acceptors (Lipinski definition) is 3. The SMILES string of the molecule is c1ccc([CH2][Hf]([O]c2ccccc2)([O]c2ccccc2)[O]c2ccccc2)cc1. The summed E-state index contributed by atoms with van der Waals surface area (Å²) in [5.41, 5.74) is 1.14. The van der Waals surface area contributed by atoms with Crippen LogP contribution in [-0.4, -0.2) is 0 Å². The maximum atomic E-state index is 6.59. The predicted octanol–water partition coefficient (Wildman–Crippen LogP) is 6.32. The minimum absolute atomic E-state index is 0.618. The second kappa shape index (κ2) is 9.57. The molecule has 0 bridgehead atoms. The minimum atomic E-state index is -4.38. The van der Waals surface area contributed by atoms with Crippen molar-refractivity contribution in [3.63, 3.8) is 0 Å². The third kappa shape index (κ3) is 5.58. The zero-order chi connectivity index (χ0) is 19.8. The fraction of sp³-hybridized carbons (Fsp3) is 0.0400. The molecule has 0 aliphatic rings. The van der Waals surface area contributed by atoms with Crippen LogP contribution in [0.4, 0.5) is 0 Å². The Labute approximate surface area is 177 Å². The van der Waals surface area contributed by atoms with Gasteiger partial charge in [0.25, 0.3) is 0 Å². The van der Waals surface area contributed by atoms with Crippen LogP contribution in [0.2, 0.25) is 0 Å². The number of rotatable bonds is 8. The van der Waals surface area contributed by atoms with E-state index in [-0.39, 0.29) is 0 Å². The zero-order valence-corrected chi connectivity index (χ0v) is 19.6. The van der Waals surface area contributed by atoms with Gasteiger partial charge >= 0.3 is 178 Å². The average molecular weight is 549 g/mol. The van der Waals surface area contributed by atoms with Crippen molar-refractivity contribution in [1.82, 2.24) is 0 Å². The van der Waals surface area contributed by atoms with Gasteiger partial charge in [-0.15, -0.1) is 0 Å². The molecular formula is C25H22HfO3. The molecule has 0 saturated heterocycles. The first-order chi connectivity index (χ1) is 14.3. The Bertz CT molecular complexity index is 822. The summed E-state index contributed by atoms with van der Waals surface area (Å²) in [5.74, 6) is 2.28. The topological polar surface area (TPSA) is 27.7 Å². The van der Waals surface area contributed by atoms with Gasteiger partial charge in [-0.1, -0.05) is 0 Å². The van der Waals surface area contributed by atoms with Gasteiger partial charge in [0.15, 0.2) is 0 Å². The first-order valence-electron chi connectivity index (χ1n) is 9.57. The molecule has 0 radical (unpaired) electrons. The predicted molar refractivity (Wildman–Crippen MR) is 111 cm³/mol. The van der Waals surface area contributed by atoms with Gasteiger partial charge in [-0.2, -0.15) is 0 Å². The molecule has 0 fully saturated rings. The van der Waals surface area contributed by atoms with E-state index in [1.165, 1.54) is 0 Å². The van der Waals surface area contributed by atoms with Crippen molar-refractivity contribution in [2.24, 2.45) is 0 Å². The fourth-order valence-corrected chi connectivity index (χ4v) is 12.2. The Balaban J connectivity index is 1.75. The van der Waals surface area contributed by atoms with E-state index in [9.17, 15) is 0 Å². The van der Waals surface area contributed by atoms with Crippen molar-refractivity contribution in [3.05, 3.63) is 127 Å². The van der Waals surface area contributed by atoms with Crippen LogP contribution in [0.15, 0.2) is 121 Å². The van der Waals surface area contributed by atoms with Crippen molar-refractivity contribution >= 4 is 0 Å². The van der Waals surface area contributed by atoms with Crippen LogP contribution in [0, 0.1) is 0 Å². The molecule has 4 aromatic rings. The van der Waals surface area contributed by atoms with Gasteiger partial charge < -0.3 is 0 Å². The van der Waals surface area contributed by atoms with Crippen LogP contribution >= 0.6 is 0 Å². The molecule has 0 atom stereocenters. The molecule has 0 aliphatic heterocycles. The van der Waals surface area contributed by atoms with Crippen molar-refractivity contribution in [1.29, 1.82) is 0 Å². The molecule has 144 valence electrons. The van der Waals surface area contributed by atoms with Crippen LogP contribution in [0.5, 0.6) is 17.2 Å². The van der Waals surface area contributed by atoms with E-state index < -0.39 is 21.3 Å². The molecule has 0 N–H and O–H groups in total. The molecule has 0 aromatic heterocycles. The monoisotopic (exact) mass is 550 g/mol. The van der Waals surface area contributed by atoms with Crippen LogP contribution in [0.25, 0.3) is 0 Å². The van der Waals surface area contributed by atoms with Gasteiger partial charge in [-0.3, -0.25) is 0 Å². The summed E-state index contributed by atoms with van der Waals surface area (Å²) in [4.78, 5) is 0. The Kier molecular flexibility index (Phi) is 6.42. The molecule has 4 aromatic carbocycles. The summed E-state index contributed by atoms with van der Waals surface area (Å²) in [7, 11) is 0. The summed E-state index contributed by atoms with van der Waals surface area (Å²) >= 11 is -4.38. The second-order valence-electron chi connectivity index (χ2n) is 6.59. The van der Waals surface area contributed by atoms with E-state index in [2.05, 4.69) is 12.1 Å². The Morgan fingerprint density at radius 3 is 1.07 bits per heavy atom. The van der Waals surface area contributed by atoms with Crippen molar-refractivity contribution in [3.8, 4) is 17.2 Å². The molecule has 0 saturated carbocycles. The first-order valence-corrected chi connectivity index (χ1v) is 16.5. The van der Waals surface area contributed by atoms with Crippen molar-refractivity contribution < 1.29 is 29.8 Å². The summed E-state index contributed by atoms with van der Waals surface area (Å²) < 4.78 is 20.4. The summed E-state index contributed by atoms with van der Waals surface area (Å²) in [6.07, 6.45) is 0. The third-order valence-corrected chi connectivity index (χ3v) is 13.2. The van der Waals surface area contributed by atoms with E-state index >= 15 is 0 Å². The Hall–Kier alpha value is -2.85. The van der Waals surface area contributed by atoms with Crippen LogP contribution in [-0.2, 0) is 25.5 Å². The number of para-hydroxylation sites is 3. The van der Waals surface area contributed by atoms with E-state index in [1.807, 2.05) is 109 Å². The third-order valence-electron chi connectivity index (χ3n) is 4.31. The molecule has 0 unspecified atom stereocenters. The van der Waals surface area contributed by atoms with Crippen LogP contribution < -0.4 is 8.56 Å². The molecule has 4 heteroatoms. The molecule has 0 spiro atoms. The van der Waals surface area contributed by atoms with Gasteiger partial charge in [0.05, 0.1) is 0 Å². The fourth-order valence-electron chi connectivity index (χ4n) is 3.02. The summed E-state index contributed by atoms with van der Waals surface area (Å²) in [6.45, 7) is 0. The van der Waals surface area contributed by atoms with E-state index in [0.717, 1.165) is 22.8 Å². The average Bonchev–Trinajstić information content (AvgIpc) is 2.76. The van der Waals surface area contributed by atoms with Crippen molar-refractivity contribution in [2.45, 2.75) is 4.18 Å². The van der Waals surface area contributed by atoms with E-state index in [4.69, 9.17) is 8.56 Å². The molecule has 0 aliphatic carbocycles. The molecule has 0 amide bonds. The van der Waals surface area contributed by atoms with Gasteiger partial charge in [0.1, 0.15) is 0 Å². The van der Waals surface area contributed by atoms with Gasteiger partial charge in [-0.25, -0.2) is 0 Å². The molecule has 29 heavy (non-hydrogen) atoms. The van der Waals surface area contributed by atoms with Gasteiger partial charge in [-0.05, 0) is 0 Å². The van der Waals surface area contributed by atoms with Gasteiger partial charge in [0, 0.05) is 0 Å². The summed E-state index contributed by atoms with van der Waals surface area (Å²) in [5, 5.41) is 0. The van der Waals surface area contributed by atoms with Crippen LogP contribution in [0.3, 0.4) is 0 Å². The zero-order valence-electron chi connectivity index (χ0n) is 16.0. The molecular weight excluding hydrogens is 527 g/mol. The van der Waals surface area contributed by atoms with Gasteiger partial charge in [0.2, 0.25) is 0 Å².